The third kappa shape index (κ3) is 3.79. The predicted molar refractivity (Wildman–Crippen MR) is 109 cm³/mol. The minimum atomic E-state index is -4.60. The van der Waals surface area contributed by atoms with Crippen molar-refractivity contribution in [3.63, 3.8) is 0 Å². The van der Waals surface area contributed by atoms with Gasteiger partial charge in [0.05, 0.1) is 5.56 Å². The number of rotatable bonds is 6. The third-order valence-corrected chi connectivity index (χ3v) is 6.64. The number of nitrogens with two attached hydrogens (primary N) is 3. The third-order valence-electron chi connectivity index (χ3n) is 4.58. The summed E-state index contributed by atoms with van der Waals surface area (Å²) in [4.78, 5) is 2.78. The number of benzene rings is 1. The number of sulfonamides is 2. The summed E-state index contributed by atoms with van der Waals surface area (Å²) < 4.78 is 51.5. The van der Waals surface area contributed by atoms with Crippen molar-refractivity contribution in [2.24, 2.45) is 16.0 Å². The first kappa shape index (κ1) is 21.0. The van der Waals surface area contributed by atoms with Gasteiger partial charge >= 0.3 is 0 Å². The van der Waals surface area contributed by atoms with Crippen molar-refractivity contribution in [2.75, 3.05) is 6.54 Å². The Kier molecular flexibility index (Phi) is 5.06. The lowest BCUT2D eigenvalue weighted by molar-refractivity contribution is 0.584. The molecule has 0 fully saturated rings. The molecule has 0 amide bonds. The molecule has 13 nitrogen and oxygen atoms in total. The van der Waals surface area contributed by atoms with Crippen LogP contribution in [0.15, 0.2) is 46.6 Å². The number of H-pyrrole nitrogens is 1. The number of nitrogens with one attached hydrogen (secondary N) is 1. The lowest BCUT2D eigenvalue weighted by Gasteiger charge is -2.19. The highest BCUT2D eigenvalue weighted by atomic mass is 32.2. The number of pyridine rings is 1. The normalized spacial score (nSPS) is 12.5. The van der Waals surface area contributed by atoms with Crippen molar-refractivity contribution in [1.29, 1.82) is 0 Å². The van der Waals surface area contributed by atoms with Gasteiger partial charge in [0.1, 0.15) is 15.4 Å². The van der Waals surface area contributed by atoms with Gasteiger partial charge in [-0.05, 0) is 53.1 Å². The number of primary sulfonamides is 2. The number of imidazole rings is 1. The number of aromatic nitrogens is 6. The van der Waals surface area contributed by atoms with Crippen LogP contribution >= 0.6 is 0 Å². The maximum Gasteiger partial charge on any atom is 0.240 e. The van der Waals surface area contributed by atoms with E-state index in [1.165, 1.54) is 6.07 Å². The zero-order valence-electron chi connectivity index (χ0n) is 15.8. The molecule has 0 saturated carbocycles. The van der Waals surface area contributed by atoms with Crippen LogP contribution in [0.3, 0.4) is 0 Å². The molecule has 0 unspecified atom stereocenters. The van der Waals surface area contributed by atoms with E-state index in [0.717, 1.165) is 0 Å². The summed E-state index contributed by atoms with van der Waals surface area (Å²) in [5.41, 5.74) is 7.52. The van der Waals surface area contributed by atoms with Crippen LogP contribution in [0.5, 0.6) is 0 Å². The minimum absolute atomic E-state index is 0.144. The van der Waals surface area contributed by atoms with Gasteiger partial charge in [-0.1, -0.05) is 0 Å². The maximum absolute atomic E-state index is 12.6. The van der Waals surface area contributed by atoms with Gasteiger partial charge in [-0.15, -0.1) is 10.2 Å². The van der Waals surface area contributed by atoms with Gasteiger partial charge in [0.25, 0.3) is 0 Å². The Balaban J connectivity index is 2.24. The molecule has 0 bridgehead atoms. The maximum atomic E-state index is 12.6. The Hall–Kier alpha value is -3.24. The van der Waals surface area contributed by atoms with Crippen molar-refractivity contribution in [3.8, 4) is 22.5 Å². The molecule has 0 aliphatic carbocycles. The molecule has 4 rings (SSSR count). The van der Waals surface area contributed by atoms with Crippen LogP contribution in [-0.2, 0) is 26.5 Å². The number of fused-ring (bicyclic) bond motifs is 1. The van der Waals surface area contributed by atoms with Crippen molar-refractivity contribution in [2.45, 2.75) is 16.2 Å². The molecule has 15 heteroatoms. The second-order valence-electron chi connectivity index (χ2n) is 6.59. The van der Waals surface area contributed by atoms with E-state index in [4.69, 9.17) is 16.0 Å². The van der Waals surface area contributed by atoms with E-state index < -0.39 is 29.8 Å². The van der Waals surface area contributed by atoms with Gasteiger partial charge in [-0.2, -0.15) is 5.21 Å². The number of hydrogen-bond donors (Lipinski definition) is 4. The monoisotopic (exact) mass is 463 g/mol. The Bertz CT molecular complexity index is 1490. The molecule has 0 aliphatic heterocycles. The summed E-state index contributed by atoms with van der Waals surface area (Å²) in [5.74, 6) is -0.173. The molecule has 0 aliphatic rings. The summed E-state index contributed by atoms with van der Waals surface area (Å²) >= 11 is 0. The zero-order valence-corrected chi connectivity index (χ0v) is 17.4. The summed E-state index contributed by atoms with van der Waals surface area (Å²) in [6.45, 7) is 0.144. The highest BCUT2D eigenvalue weighted by Gasteiger charge is 2.32. The highest BCUT2D eigenvalue weighted by Crippen LogP contribution is 2.41. The van der Waals surface area contributed by atoms with Gasteiger partial charge in [0, 0.05) is 18.6 Å². The van der Waals surface area contributed by atoms with Crippen LogP contribution in [0.1, 0.15) is 5.56 Å². The molecular weight excluding hydrogens is 446 g/mol. The van der Waals surface area contributed by atoms with Crippen molar-refractivity contribution in [1.82, 2.24) is 30.0 Å². The summed E-state index contributed by atoms with van der Waals surface area (Å²) in [6.07, 6.45) is 5.20. The van der Waals surface area contributed by atoms with Gasteiger partial charge in [-0.25, -0.2) is 32.1 Å². The Morgan fingerprint density at radius 3 is 2.45 bits per heavy atom. The Morgan fingerprint density at radius 2 is 1.84 bits per heavy atom. The second-order valence-corrected chi connectivity index (χ2v) is 9.62. The fourth-order valence-corrected chi connectivity index (χ4v) is 5.60. The van der Waals surface area contributed by atoms with Crippen LogP contribution in [-0.4, -0.2) is 53.4 Å². The smallest absolute Gasteiger partial charge is 0.240 e. The quantitative estimate of drug-likeness (QED) is 0.274. The molecule has 0 radical (unpaired) electrons. The zero-order chi connectivity index (χ0) is 22.4. The molecule has 3 aromatic heterocycles. The van der Waals surface area contributed by atoms with Crippen molar-refractivity contribution in [3.05, 3.63) is 42.4 Å². The second kappa shape index (κ2) is 7.47. The fraction of sp³-hybridized carbons (Fsp3) is 0.125. The van der Waals surface area contributed by atoms with E-state index in [0.29, 0.717) is 22.3 Å². The van der Waals surface area contributed by atoms with Crippen molar-refractivity contribution >= 4 is 25.7 Å². The Labute approximate surface area is 176 Å². The number of nitrogens with zero attached hydrogens (tertiary/aromatic N) is 5. The molecule has 0 spiro atoms. The fourth-order valence-electron chi connectivity index (χ4n) is 3.42. The highest BCUT2D eigenvalue weighted by molar-refractivity contribution is 7.92. The first-order chi connectivity index (χ1) is 14.6. The average molecular weight is 464 g/mol. The largest absolute Gasteiger partial charge is 0.330 e. The molecule has 31 heavy (non-hydrogen) atoms. The topological polar surface area (TPSA) is 218 Å². The first-order valence-corrected chi connectivity index (χ1v) is 11.8. The standard InChI is InChI=1S/C16H17N9O4S2/c17-4-3-9-7-11(30(18,26)27)15(31(19,28)29)14(16-21-23-24-22-16)13(9)10-1-2-12-20-5-6-25(12)8-10/h1-2,5-8H,3-4,17H2,(H2,18,26,27)(H2,19,28,29)(H,21,22,23,24). The van der Waals surface area contributed by atoms with E-state index in [1.54, 1.807) is 35.1 Å². The van der Waals surface area contributed by atoms with Crippen LogP contribution in [0.25, 0.3) is 28.2 Å². The van der Waals surface area contributed by atoms with E-state index in [2.05, 4.69) is 25.6 Å². The van der Waals surface area contributed by atoms with Crippen LogP contribution in [0.4, 0.5) is 0 Å². The molecule has 162 valence electrons. The minimum Gasteiger partial charge on any atom is -0.330 e. The average Bonchev–Trinajstić information content (AvgIpc) is 3.37. The van der Waals surface area contributed by atoms with Gasteiger partial charge in [0.15, 0.2) is 0 Å². The van der Waals surface area contributed by atoms with Gasteiger partial charge < -0.3 is 10.1 Å². The SMILES string of the molecule is NCCc1cc(S(N)(=O)=O)c(S(N)(=O)=O)c(-c2nn[nH]n2)c1-c1ccc2nccn2c1. The van der Waals surface area contributed by atoms with Crippen LogP contribution in [0.2, 0.25) is 0 Å². The molecular formula is C16H17N9O4S2. The summed E-state index contributed by atoms with van der Waals surface area (Å²) in [6, 6.07) is 4.58. The van der Waals surface area contributed by atoms with E-state index in [-0.39, 0.29) is 24.4 Å². The number of aromatic amines is 1. The predicted octanol–water partition coefficient (Wildman–Crippen LogP) is -1.02. The van der Waals surface area contributed by atoms with Crippen LogP contribution < -0.4 is 16.0 Å². The van der Waals surface area contributed by atoms with Gasteiger partial charge in [-0.3, -0.25) is 0 Å². The summed E-state index contributed by atoms with van der Waals surface area (Å²) in [5, 5.41) is 24.2. The van der Waals surface area contributed by atoms with Gasteiger partial charge in [0.2, 0.25) is 25.9 Å². The number of tetrazole rings is 1. The molecule has 0 saturated heterocycles. The molecule has 3 heterocycles. The van der Waals surface area contributed by atoms with E-state index in [9.17, 15) is 16.8 Å². The molecule has 4 aromatic rings. The molecule has 0 atom stereocenters. The Morgan fingerprint density at radius 1 is 1.06 bits per heavy atom. The lowest BCUT2D eigenvalue weighted by atomic mass is 9.93. The molecule has 7 N–H and O–H groups in total. The van der Waals surface area contributed by atoms with Crippen LogP contribution in [0, 0.1) is 0 Å². The van der Waals surface area contributed by atoms with E-state index in [1.807, 2.05) is 0 Å². The molecule has 1 aromatic carbocycles. The first-order valence-electron chi connectivity index (χ1n) is 8.73. The van der Waals surface area contributed by atoms with Crippen molar-refractivity contribution < 1.29 is 16.8 Å². The lowest BCUT2D eigenvalue weighted by Crippen LogP contribution is -2.23. The van der Waals surface area contributed by atoms with E-state index >= 15 is 0 Å². The summed E-state index contributed by atoms with van der Waals surface area (Å²) in [7, 11) is -9.10. The number of hydrogen-bond acceptors (Lipinski definition) is 9.